The van der Waals surface area contributed by atoms with Crippen LogP contribution in [0.3, 0.4) is 0 Å². The molecule has 0 amide bonds. The molecule has 0 unspecified atom stereocenters. The van der Waals surface area contributed by atoms with Crippen molar-refractivity contribution in [1.82, 2.24) is 0 Å². The van der Waals surface area contributed by atoms with E-state index in [1.54, 1.807) is 0 Å². The number of nitrogens with one attached hydrogen (secondary N) is 1. The summed E-state index contributed by atoms with van der Waals surface area (Å²) in [6, 6.07) is 129. The summed E-state index contributed by atoms with van der Waals surface area (Å²) >= 11 is 0. The van der Waals surface area contributed by atoms with Crippen molar-refractivity contribution in [1.29, 1.82) is 0 Å². The van der Waals surface area contributed by atoms with E-state index in [4.69, 9.17) is 0 Å². The Morgan fingerprint density at radius 2 is 0.466 bits per heavy atom. The maximum atomic E-state index is 3.54. The standard InChI is InChI=1S/C54H37N.C32H23N/c1-2-13-40(14-3-1)52-27-11-19-43-20-12-28-53(54(43)52)44-21-8-22-47(37-44)55(45-33-29-41(30-34-45)50-25-9-17-38-15-4-6-23-48(38)50)46-35-31-42(32-36-46)51-26-10-18-39-16-5-7-24-49(39)51;1-3-11-29-23(7-1)9-5-13-31(29)25-15-19-27(20-16-25)33-28-21-17-26(18-22-28)32-14-6-10-24-8-2-4-12-30(24)32/h1-37H;1-22,33H. The van der Waals surface area contributed by atoms with Gasteiger partial charge in [0, 0.05) is 28.4 Å². The lowest BCUT2D eigenvalue weighted by atomic mass is 9.91. The van der Waals surface area contributed by atoms with Crippen LogP contribution >= 0.6 is 0 Å². The lowest BCUT2D eigenvalue weighted by Crippen LogP contribution is -2.10. The van der Waals surface area contributed by atoms with Crippen molar-refractivity contribution in [3.8, 4) is 66.8 Å². The molecule has 0 aliphatic carbocycles. The van der Waals surface area contributed by atoms with Gasteiger partial charge in [0.1, 0.15) is 0 Å². The Kier molecular flexibility index (Phi) is 14.4. The molecule has 0 saturated heterocycles. The first-order valence-electron chi connectivity index (χ1n) is 30.2. The number of nitrogens with zero attached hydrogens (tertiary/aromatic N) is 1. The third-order valence-corrected chi connectivity index (χ3v) is 17.1. The summed E-state index contributed by atoms with van der Waals surface area (Å²) in [6.07, 6.45) is 0. The summed E-state index contributed by atoms with van der Waals surface area (Å²) in [5, 5.41) is 16.1. The smallest absolute Gasteiger partial charge is 0.0467 e. The summed E-state index contributed by atoms with van der Waals surface area (Å²) < 4.78 is 0. The van der Waals surface area contributed by atoms with E-state index in [-0.39, 0.29) is 0 Å². The van der Waals surface area contributed by atoms with Crippen molar-refractivity contribution in [2.24, 2.45) is 0 Å². The van der Waals surface area contributed by atoms with Crippen LogP contribution in [0.5, 0.6) is 0 Å². The molecule has 0 bridgehead atoms. The van der Waals surface area contributed by atoms with Crippen LogP contribution in [0.4, 0.5) is 28.4 Å². The Morgan fingerprint density at radius 3 is 0.864 bits per heavy atom. The predicted molar refractivity (Wildman–Crippen MR) is 377 cm³/mol. The van der Waals surface area contributed by atoms with Gasteiger partial charge in [-0.25, -0.2) is 0 Å². The molecule has 0 atom stereocenters. The second-order valence-corrected chi connectivity index (χ2v) is 22.4. The normalized spacial score (nSPS) is 11.2. The first-order valence-corrected chi connectivity index (χ1v) is 30.2. The van der Waals surface area contributed by atoms with Crippen LogP contribution in [0.2, 0.25) is 0 Å². The quantitative estimate of drug-likeness (QED) is 0.139. The Hall–Kier alpha value is -11.6. The number of benzene rings is 16. The largest absolute Gasteiger partial charge is 0.356 e. The molecule has 0 saturated carbocycles. The van der Waals surface area contributed by atoms with Gasteiger partial charge in [-0.3, -0.25) is 0 Å². The average Bonchev–Trinajstić information content (AvgIpc) is 3.77. The SMILES string of the molecule is c1ccc(-c2cccc3cccc(-c4cccc(N(c5ccc(-c6cccc7ccccc67)cc5)c5ccc(-c6cccc7ccccc67)cc5)c4)c23)cc1.c1ccc2c(-c3ccc(Nc4ccc(-c5cccc6ccccc56)cc4)cc3)cccc2c1. The van der Waals surface area contributed by atoms with Crippen molar-refractivity contribution >= 4 is 82.3 Å². The van der Waals surface area contributed by atoms with E-state index in [9.17, 15) is 0 Å². The van der Waals surface area contributed by atoms with E-state index in [1.807, 2.05) is 0 Å². The summed E-state index contributed by atoms with van der Waals surface area (Å²) in [6.45, 7) is 0. The van der Waals surface area contributed by atoms with E-state index in [0.717, 1.165) is 28.4 Å². The highest BCUT2D eigenvalue weighted by molar-refractivity contribution is 6.07. The molecule has 0 aliphatic heterocycles. The topological polar surface area (TPSA) is 15.3 Å². The van der Waals surface area contributed by atoms with Crippen LogP contribution in [-0.4, -0.2) is 0 Å². The van der Waals surface area contributed by atoms with Crippen LogP contribution in [0.25, 0.3) is 121 Å². The molecule has 0 aliphatic rings. The maximum Gasteiger partial charge on any atom is 0.0467 e. The van der Waals surface area contributed by atoms with Crippen molar-refractivity contribution in [2.45, 2.75) is 0 Å². The summed E-state index contributed by atoms with van der Waals surface area (Å²) in [7, 11) is 0. The Morgan fingerprint density at radius 1 is 0.182 bits per heavy atom. The molecular formula is C86H60N2. The predicted octanol–water partition coefficient (Wildman–Crippen LogP) is 24.4. The molecule has 0 heterocycles. The minimum Gasteiger partial charge on any atom is -0.356 e. The fourth-order valence-corrected chi connectivity index (χ4v) is 12.8. The van der Waals surface area contributed by atoms with Gasteiger partial charge in [-0.2, -0.15) is 0 Å². The third-order valence-electron chi connectivity index (χ3n) is 17.1. The van der Waals surface area contributed by atoms with Gasteiger partial charge in [0.05, 0.1) is 0 Å². The molecule has 16 aromatic carbocycles. The van der Waals surface area contributed by atoms with Gasteiger partial charge >= 0.3 is 0 Å². The highest BCUT2D eigenvalue weighted by atomic mass is 15.1. The molecular weight excluding hydrogens is 1060 g/mol. The Balaban J connectivity index is 0.000000168. The zero-order valence-corrected chi connectivity index (χ0v) is 48.5. The minimum absolute atomic E-state index is 1.08. The number of fused-ring (bicyclic) bond motifs is 5. The van der Waals surface area contributed by atoms with E-state index in [2.05, 4.69) is 368 Å². The molecule has 0 radical (unpaired) electrons. The highest BCUT2D eigenvalue weighted by Crippen LogP contribution is 2.43. The van der Waals surface area contributed by atoms with Gasteiger partial charge in [0.25, 0.3) is 0 Å². The van der Waals surface area contributed by atoms with E-state index < -0.39 is 0 Å². The summed E-state index contributed by atoms with van der Waals surface area (Å²) in [5.74, 6) is 0. The van der Waals surface area contributed by atoms with Gasteiger partial charge in [0.15, 0.2) is 0 Å². The second kappa shape index (κ2) is 23.8. The van der Waals surface area contributed by atoms with Crippen molar-refractivity contribution in [3.05, 3.63) is 358 Å². The average molecular weight is 1120 g/mol. The van der Waals surface area contributed by atoms with Crippen LogP contribution in [-0.2, 0) is 0 Å². The molecule has 0 aromatic heterocycles. The molecule has 1 N–H and O–H groups in total. The van der Waals surface area contributed by atoms with Crippen LogP contribution in [0.15, 0.2) is 358 Å². The molecule has 414 valence electrons. The number of anilines is 5. The lowest BCUT2D eigenvalue weighted by Gasteiger charge is -2.27. The van der Waals surface area contributed by atoms with Gasteiger partial charge in [0.2, 0.25) is 0 Å². The zero-order valence-electron chi connectivity index (χ0n) is 48.5. The highest BCUT2D eigenvalue weighted by Gasteiger charge is 2.18. The molecule has 2 nitrogen and oxygen atoms in total. The lowest BCUT2D eigenvalue weighted by molar-refractivity contribution is 1.28. The van der Waals surface area contributed by atoms with Gasteiger partial charge in [-0.15, -0.1) is 0 Å². The number of hydrogen-bond acceptors (Lipinski definition) is 2. The molecule has 0 fully saturated rings. The van der Waals surface area contributed by atoms with Gasteiger partial charge in [-0.05, 0) is 181 Å². The Labute approximate surface area is 514 Å². The molecule has 88 heavy (non-hydrogen) atoms. The molecule has 2 heteroatoms. The van der Waals surface area contributed by atoms with Gasteiger partial charge < -0.3 is 10.2 Å². The van der Waals surface area contributed by atoms with Crippen molar-refractivity contribution in [3.63, 3.8) is 0 Å². The monoisotopic (exact) mass is 1120 g/mol. The fraction of sp³-hybridized carbons (Fsp3) is 0. The van der Waals surface area contributed by atoms with Crippen LogP contribution in [0, 0.1) is 0 Å². The first-order chi connectivity index (χ1) is 43.6. The number of rotatable bonds is 11. The molecule has 16 aromatic rings. The second-order valence-electron chi connectivity index (χ2n) is 22.4. The summed E-state index contributed by atoms with van der Waals surface area (Å²) in [4.78, 5) is 2.38. The van der Waals surface area contributed by atoms with E-state index >= 15 is 0 Å². The van der Waals surface area contributed by atoms with E-state index in [0.29, 0.717) is 0 Å². The number of hydrogen-bond donors (Lipinski definition) is 1. The maximum absolute atomic E-state index is 3.54. The summed E-state index contributed by atoms with van der Waals surface area (Å²) in [5.41, 5.74) is 20.2. The minimum atomic E-state index is 1.08. The van der Waals surface area contributed by atoms with Crippen molar-refractivity contribution < 1.29 is 0 Å². The van der Waals surface area contributed by atoms with Crippen LogP contribution in [0.1, 0.15) is 0 Å². The Bertz CT molecular complexity index is 4880. The zero-order chi connectivity index (χ0) is 58.6. The molecule has 0 spiro atoms. The molecule has 16 rings (SSSR count). The van der Waals surface area contributed by atoms with Crippen molar-refractivity contribution in [2.75, 3.05) is 10.2 Å². The van der Waals surface area contributed by atoms with E-state index in [1.165, 1.54) is 121 Å². The first kappa shape index (κ1) is 53.2. The van der Waals surface area contributed by atoms with Crippen LogP contribution < -0.4 is 10.2 Å². The van der Waals surface area contributed by atoms with Gasteiger partial charge in [-0.1, -0.05) is 297 Å². The third kappa shape index (κ3) is 10.6. The fourth-order valence-electron chi connectivity index (χ4n) is 12.8.